The van der Waals surface area contributed by atoms with Crippen LogP contribution in [0.15, 0.2) is 30.5 Å². The smallest absolute Gasteiger partial charge is 0.419 e. The molecule has 2 rings (SSSR count). The van der Waals surface area contributed by atoms with Gasteiger partial charge in [0.2, 0.25) is 5.91 Å². The molecule has 2 aromatic rings. The van der Waals surface area contributed by atoms with Crippen molar-refractivity contribution in [2.45, 2.75) is 6.18 Å². The number of aromatic nitrogens is 1. The number of nitrogens with zero attached hydrogens (tertiary/aromatic N) is 1. The van der Waals surface area contributed by atoms with Crippen molar-refractivity contribution >= 4 is 11.9 Å². The summed E-state index contributed by atoms with van der Waals surface area (Å²) >= 11 is 0. The van der Waals surface area contributed by atoms with Gasteiger partial charge in [-0.1, -0.05) is 0 Å². The van der Waals surface area contributed by atoms with Gasteiger partial charge in [-0.2, -0.15) is 13.2 Å². The quantitative estimate of drug-likeness (QED) is 0.534. The van der Waals surface area contributed by atoms with Crippen LogP contribution in [0.25, 0.3) is 0 Å². The number of aryl methyl sites for hydroxylation is 1. The highest BCUT2D eigenvalue weighted by Gasteiger charge is 2.34. The first-order chi connectivity index (χ1) is 10.6. The van der Waals surface area contributed by atoms with Gasteiger partial charge in [0.1, 0.15) is 17.3 Å². The van der Waals surface area contributed by atoms with E-state index in [0.29, 0.717) is 12.1 Å². The molecule has 0 spiro atoms. The van der Waals surface area contributed by atoms with E-state index >= 15 is 0 Å². The Balaban J connectivity index is 2.29. The highest BCUT2D eigenvalue weighted by atomic mass is 19.4. The maximum Gasteiger partial charge on any atom is 0.419 e. The van der Waals surface area contributed by atoms with Crippen LogP contribution in [0.3, 0.4) is 0 Å². The molecule has 9 heteroatoms. The van der Waals surface area contributed by atoms with Crippen LogP contribution in [-0.4, -0.2) is 16.4 Å². The SMILES string of the molecule is Cn1cc(C(N)=O)cc1C(=O)Oc1ccc(F)c(C(F)(F)F)c1. The van der Waals surface area contributed by atoms with E-state index in [0.717, 1.165) is 12.1 Å². The second-order valence-corrected chi connectivity index (χ2v) is 4.62. The molecule has 0 saturated heterocycles. The number of hydrogen-bond donors (Lipinski definition) is 1. The number of primary amides is 1. The van der Waals surface area contributed by atoms with Gasteiger partial charge in [0.25, 0.3) is 0 Å². The maximum atomic E-state index is 13.2. The molecule has 1 aromatic heterocycles. The lowest BCUT2D eigenvalue weighted by molar-refractivity contribution is -0.140. The first-order valence-electron chi connectivity index (χ1n) is 6.14. The molecule has 0 radical (unpaired) electrons. The van der Waals surface area contributed by atoms with E-state index in [9.17, 15) is 27.2 Å². The Morgan fingerprint density at radius 1 is 1.22 bits per heavy atom. The van der Waals surface area contributed by atoms with Gasteiger partial charge in [-0.05, 0) is 24.3 Å². The van der Waals surface area contributed by atoms with Gasteiger partial charge < -0.3 is 15.0 Å². The van der Waals surface area contributed by atoms with Crippen molar-refractivity contribution in [2.75, 3.05) is 0 Å². The molecule has 5 nitrogen and oxygen atoms in total. The normalized spacial score (nSPS) is 11.3. The van der Waals surface area contributed by atoms with Gasteiger partial charge in [0.15, 0.2) is 0 Å². The topological polar surface area (TPSA) is 74.3 Å². The van der Waals surface area contributed by atoms with E-state index in [1.54, 1.807) is 0 Å². The monoisotopic (exact) mass is 330 g/mol. The molecule has 122 valence electrons. The molecule has 0 fully saturated rings. The molecule has 0 atom stereocenters. The van der Waals surface area contributed by atoms with Crippen LogP contribution in [0.5, 0.6) is 5.75 Å². The van der Waals surface area contributed by atoms with Crippen molar-refractivity contribution in [2.24, 2.45) is 12.8 Å². The second-order valence-electron chi connectivity index (χ2n) is 4.62. The lowest BCUT2D eigenvalue weighted by Crippen LogP contribution is -2.14. The summed E-state index contributed by atoms with van der Waals surface area (Å²) in [7, 11) is 1.43. The molecule has 0 saturated carbocycles. The molecule has 23 heavy (non-hydrogen) atoms. The number of benzene rings is 1. The molecular weight excluding hydrogens is 320 g/mol. The average molecular weight is 330 g/mol. The maximum absolute atomic E-state index is 13.2. The van der Waals surface area contributed by atoms with Gasteiger partial charge in [-0.25, -0.2) is 9.18 Å². The van der Waals surface area contributed by atoms with Crippen molar-refractivity contribution in [3.8, 4) is 5.75 Å². The number of halogens is 4. The van der Waals surface area contributed by atoms with Crippen molar-refractivity contribution in [3.63, 3.8) is 0 Å². The Hall–Kier alpha value is -2.84. The van der Waals surface area contributed by atoms with Gasteiger partial charge in [0, 0.05) is 13.2 Å². The van der Waals surface area contributed by atoms with Crippen LogP contribution in [0.2, 0.25) is 0 Å². The summed E-state index contributed by atoms with van der Waals surface area (Å²) in [5, 5.41) is 0. The van der Waals surface area contributed by atoms with E-state index in [1.165, 1.54) is 17.8 Å². The van der Waals surface area contributed by atoms with Crippen molar-refractivity contribution in [1.29, 1.82) is 0 Å². The number of carbonyl (C=O) groups excluding carboxylic acids is 2. The minimum atomic E-state index is -4.92. The van der Waals surface area contributed by atoms with Gasteiger partial charge in [-0.3, -0.25) is 4.79 Å². The molecular formula is C14H10F4N2O3. The van der Waals surface area contributed by atoms with Crippen LogP contribution >= 0.6 is 0 Å². The number of alkyl halides is 3. The van der Waals surface area contributed by atoms with Crippen molar-refractivity contribution in [3.05, 3.63) is 53.1 Å². The average Bonchev–Trinajstić information content (AvgIpc) is 2.82. The second kappa shape index (κ2) is 5.75. The van der Waals surface area contributed by atoms with Gasteiger partial charge in [0.05, 0.1) is 11.1 Å². The summed E-state index contributed by atoms with van der Waals surface area (Å²) in [5.41, 5.74) is 3.45. The Kier molecular flexibility index (Phi) is 4.13. The van der Waals surface area contributed by atoms with E-state index in [4.69, 9.17) is 10.5 Å². The zero-order valence-electron chi connectivity index (χ0n) is 11.6. The first kappa shape index (κ1) is 16.5. The highest BCUT2D eigenvalue weighted by molar-refractivity contribution is 5.97. The first-order valence-corrected chi connectivity index (χ1v) is 6.14. The zero-order valence-corrected chi connectivity index (χ0v) is 11.6. The molecule has 0 aliphatic heterocycles. The fourth-order valence-electron chi connectivity index (χ4n) is 1.85. The Morgan fingerprint density at radius 3 is 2.39 bits per heavy atom. The summed E-state index contributed by atoms with van der Waals surface area (Å²) in [4.78, 5) is 23.0. The number of carbonyl (C=O) groups is 2. The van der Waals surface area contributed by atoms with Crippen LogP contribution < -0.4 is 10.5 Å². The van der Waals surface area contributed by atoms with Crippen LogP contribution in [0.1, 0.15) is 26.4 Å². The van der Waals surface area contributed by atoms with Crippen LogP contribution in [0.4, 0.5) is 17.6 Å². The van der Waals surface area contributed by atoms with Gasteiger partial charge in [-0.15, -0.1) is 0 Å². The summed E-state index contributed by atoms with van der Waals surface area (Å²) < 4.78 is 57.0. The minimum absolute atomic E-state index is 0.0366. The summed E-state index contributed by atoms with van der Waals surface area (Å²) in [6, 6.07) is 2.95. The van der Waals surface area contributed by atoms with Crippen molar-refractivity contribution < 1.29 is 31.9 Å². The van der Waals surface area contributed by atoms with E-state index in [2.05, 4.69) is 0 Å². The van der Waals surface area contributed by atoms with E-state index in [-0.39, 0.29) is 11.3 Å². The molecule has 2 N–H and O–H groups in total. The number of amides is 1. The van der Waals surface area contributed by atoms with Crippen molar-refractivity contribution in [1.82, 2.24) is 4.57 Å². The minimum Gasteiger partial charge on any atom is -0.422 e. The highest BCUT2D eigenvalue weighted by Crippen LogP contribution is 2.33. The van der Waals surface area contributed by atoms with Crippen LogP contribution in [0, 0.1) is 5.82 Å². The Bertz CT molecular complexity index is 781. The van der Waals surface area contributed by atoms with Crippen LogP contribution in [-0.2, 0) is 13.2 Å². The largest absolute Gasteiger partial charge is 0.422 e. The van der Waals surface area contributed by atoms with E-state index < -0.39 is 35.2 Å². The molecule has 0 aliphatic rings. The number of esters is 1. The standard InChI is InChI=1S/C14H10F4N2O3/c1-20-6-7(12(19)21)4-11(20)13(22)23-8-2-3-10(15)9(5-8)14(16,17)18/h2-6H,1H3,(H2,19,21). The predicted octanol–water partition coefficient (Wildman–Crippen LogP) is 2.50. The predicted molar refractivity (Wildman–Crippen MR) is 70.3 cm³/mol. The van der Waals surface area contributed by atoms with E-state index in [1.807, 2.05) is 0 Å². The molecule has 0 unspecified atom stereocenters. The fourth-order valence-corrected chi connectivity index (χ4v) is 1.85. The molecule has 1 amide bonds. The molecule has 0 bridgehead atoms. The Labute approximate surface area is 127 Å². The number of nitrogens with two attached hydrogens (primary N) is 1. The fraction of sp³-hybridized carbons (Fsp3) is 0.143. The Morgan fingerprint density at radius 2 is 1.87 bits per heavy atom. The van der Waals surface area contributed by atoms with Gasteiger partial charge >= 0.3 is 12.1 Å². The third-order valence-electron chi connectivity index (χ3n) is 2.95. The number of ether oxygens (including phenoxy) is 1. The molecule has 0 aliphatic carbocycles. The molecule has 1 heterocycles. The lowest BCUT2D eigenvalue weighted by Gasteiger charge is -2.10. The molecule has 1 aromatic carbocycles. The number of hydrogen-bond acceptors (Lipinski definition) is 3. The third-order valence-corrected chi connectivity index (χ3v) is 2.95. The zero-order chi connectivity index (χ0) is 17.4. The summed E-state index contributed by atoms with van der Waals surface area (Å²) in [6.45, 7) is 0. The lowest BCUT2D eigenvalue weighted by atomic mass is 10.2. The third kappa shape index (κ3) is 3.50. The summed E-state index contributed by atoms with van der Waals surface area (Å²) in [6.07, 6.45) is -3.65. The number of rotatable bonds is 3. The summed E-state index contributed by atoms with van der Waals surface area (Å²) in [5.74, 6) is -3.75.